The van der Waals surface area contributed by atoms with Crippen molar-refractivity contribution in [2.24, 2.45) is 0 Å². The first-order chi connectivity index (χ1) is 14.6. The van der Waals surface area contributed by atoms with Crippen molar-refractivity contribution in [1.29, 1.82) is 0 Å². The van der Waals surface area contributed by atoms with E-state index in [4.69, 9.17) is 14.2 Å². The van der Waals surface area contributed by atoms with E-state index in [1.807, 2.05) is 12.1 Å². The van der Waals surface area contributed by atoms with Crippen LogP contribution in [0.2, 0.25) is 0 Å². The number of ether oxygens (including phenoxy) is 3. The number of anilines is 2. The van der Waals surface area contributed by atoms with Crippen LogP contribution in [-0.2, 0) is 14.3 Å². The van der Waals surface area contributed by atoms with Crippen LogP contribution in [0.4, 0.5) is 11.4 Å². The molecule has 0 aliphatic rings. The van der Waals surface area contributed by atoms with Gasteiger partial charge in [-0.25, -0.2) is 0 Å². The first kappa shape index (κ1) is 23.2. The Labute approximate surface area is 176 Å². The van der Waals surface area contributed by atoms with Crippen LogP contribution in [0.25, 0.3) is 0 Å². The fourth-order valence-electron chi connectivity index (χ4n) is 2.55. The fraction of sp³-hybridized carbons (Fsp3) is 0.364. The third kappa shape index (κ3) is 8.50. The Morgan fingerprint density at radius 3 is 2.40 bits per heavy atom. The van der Waals surface area contributed by atoms with Crippen LogP contribution in [-0.4, -0.2) is 58.9 Å². The molecule has 0 heterocycles. The predicted molar refractivity (Wildman–Crippen MR) is 116 cm³/mol. The quantitative estimate of drug-likeness (QED) is 0.435. The van der Waals surface area contributed by atoms with Gasteiger partial charge >= 0.3 is 0 Å². The molecule has 0 spiro atoms. The van der Waals surface area contributed by atoms with Crippen molar-refractivity contribution >= 4 is 23.2 Å². The van der Waals surface area contributed by atoms with E-state index in [0.29, 0.717) is 43.4 Å². The standard InChI is InChI=1S/C22H29N3O5/c1-28-12-4-11-23-22(27)17-7-9-18(10-8-17)24-16-21(26)25-19-5-3-6-20(15-19)30-14-13-29-2/h3,5-10,15,24H,4,11-14,16H2,1-2H3,(H,23,27)(H,25,26). The minimum atomic E-state index is -0.191. The van der Waals surface area contributed by atoms with Gasteiger partial charge in [0.1, 0.15) is 12.4 Å². The molecule has 2 amide bonds. The average Bonchev–Trinajstić information content (AvgIpc) is 2.76. The predicted octanol–water partition coefficient (Wildman–Crippen LogP) is 2.53. The number of carbonyl (C=O) groups excluding carboxylic acids is 2. The maximum atomic E-state index is 12.2. The highest BCUT2D eigenvalue weighted by Gasteiger charge is 2.06. The van der Waals surface area contributed by atoms with Gasteiger partial charge in [0.2, 0.25) is 5.91 Å². The van der Waals surface area contributed by atoms with E-state index in [1.54, 1.807) is 50.6 Å². The summed E-state index contributed by atoms with van der Waals surface area (Å²) >= 11 is 0. The molecule has 0 aliphatic heterocycles. The van der Waals surface area contributed by atoms with Gasteiger partial charge < -0.3 is 30.2 Å². The van der Waals surface area contributed by atoms with Crippen LogP contribution in [0, 0.1) is 0 Å². The summed E-state index contributed by atoms with van der Waals surface area (Å²) in [5.41, 5.74) is 1.96. The van der Waals surface area contributed by atoms with Gasteiger partial charge in [0.15, 0.2) is 0 Å². The number of rotatable bonds is 13. The highest BCUT2D eigenvalue weighted by Crippen LogP contribution is 2.17. The zero-order valence-corrected chi connectivity index (χ0v) is 17.4. The third-order valence-corrected chi connectivity index (χ3v) is 4.08. The summed E-state index contributed by atoms with van der Waals surface area (Å²) in [5.74, 6) is 0.334. The number of nitrogens with one attached hydrogen (secondary N) is 3. The highest BCUT2D eigenvalue weighted by molar-refractivity contribution is 5.95. The molecule has 8 nitrogen and oxygen atoms in total. The van der Waals surface area contributed by atoms with E-state index in [9.17, 15) is 9.59 Å². The Bertz CT molecular complexity index is 796. The topological polar surface area (TPSA) is 97.9 Å². The van der Waals surface area contributed by atoms with Crippen LogP contribution < -0.4 is 20.7 Å². The second-order valence-electron chi connectivity index (χ2n) is 6.45. The Morgan fingerprint density at radius 2 is 1.67 bits per heavy atom. The molecule has 0 fully saturated rings. The number of carbonyl (C=O) groups is 2. The lowest BCUT2D eigenvalue weighted by Crippen LogP contribution is -2.25. The van der Waals surface area contributed by atoms with Gasteiger partial charge in [0, 0.05) is 50.4 Å². The van der Waals surface area contributed by atoms with Crippen molar-refractivity contribution in [3.63, 3.8) is 0 Å². The summed E-state index contributed by atoms with van der Waals surface area (Å²) in [4.78, 5) is 24.2. The number of hydrogen-bond acceptors (Lipinski definition) is 6. The van der Waals surface area contributed by atoms with Crippen LogP contribution in [0.15, 0.2) is 48.5 Å². The monoisotopic (exact) mass is 415 g/mol. The first-order valence-electron chi connectivity index (χ1n) is 9.75. The lowest BCUT2D eigenvalue weighted by molar-refractivity contribution is -0.114. The van der Waals surface area contributed by atoms with Crippen molar-refractivity contribution in [3.05, 3.63) is 54.1 Å². The molecule has 0 atom stereocenters. The zero-order chi connectivity index (χ0) is 21.6. The summed E-state index contributed by atoms with van der Waals surface area (Å²) < 4.78 is 15.4. The summed E-state index contributed by atoms with van der Waals surface area (Å²) in [7, 11) is 3.24. The third-order valence-electron chi connectivity index (χ3n) is 4.08. The van der Waals surface area contributed by atoms with Crippen LogP contribution in [0.3, 0.4) is 0 Å². The SMILES string of the molecule is COCCCNC(=O)c1ccc(NCC(=O)Nc2cccc(OCCOC)c2)cc1. The van der Waals surface area contributed by atoms with Crippen molar-refractivity contribution in [2.75, 3.05) is 57.8 Å². The van der Waals surface area contributed by atoms with Crippen LogP contribution in [0.5, 0.6) is 5.75 Å². The lowest BCUT2D eigenvalue weighted by atomic mass is 10.2. The second-order valence-corrected chi connectivity index (χ2v) is 6.45. The molecule has 2 aromatic carbocycles. The molecular weight excluding hydrogens is 386 g/mol. The van der Waals surface area contributed by atoms with Gasteiger partial charge in [-0.3, -0.25) is 9.59 Å². The van der Waals surface area contributed by atoms with E-state index in [2.05, 4.69) is 16.0 Å². The van der Waals surface area contributed by atoms with Gasteiger partial charge in [0.25, 0.3) is 5.91 Å². The van der Waals surface area contributed by atoms with Gasteiger partial charge in [0.05, 0.1) is 13.2 Å². The van der Waals surface area contributed by atoms with E-state index in [0.717, 1.165) is 12.1 Å². The Morgan fingerprint density at radius 1 is 0.900 bits per heavy atom. The van der Waals surface area contributed by atoms with Gasteiger partial charge in [-0.15, -0.1) is 0 Å². The van der Waals surface area contributed by atoms with Crippen LogP contribution in [0.1, 0.15) is 16.8 Å². The average molecular weight is 415 g/mol. The van der Waals surface area contributed by atoms with Crippen molar-refractivity contribution < 1.29 is 23.8 Å². The number of methoxy groups -OCH3 is 2. The summed E-state index contributed by atoms with van der Waals surface area (Å²) in [6.07, 6.45) is 0.763. The zero-order valence-electron chi connectivity index (χ0n) is 17.4. The molecule has 0 aliphatic carbocycles. The Balaban J connectivity index is 1.76. The molecule has 0 saturated heterocycles. The van der Waals surface area contributed by atoms with E-state index in [-0.39, 0.29) is 18.4 Å². The minimum absolute atomic E-state index is 0.0946. The van der Waals surface area contributed by atoms with E-state index >= 15 is 0 Å². The van der Waals surface area contributed by atoms with Gasteiger partial charge in [-0.1, -0.05) is 6.07 Å². The molecule has 0 aromatic heterocycles. The van der Waals surface area contributed by atoms with Gasteiger partial charge in [-0.05, 0) is 42.8 Å². The number of benzene rings is 2. The van der Waals surface area contributed by atoms with Gasteiger partial charge in [-0.2, -0.15) is 0 Å². The molecule has 3 N–H and O–H groups in total. The minimum Gasteiger partial charge on any atom is -0.491 e. The molecule has 0 bridgehead atoms. The molecule has 2 aromatic rings. The van der Waals surface area contributed by atoms with Crippen molar-refractivity contribution in [2.45, 2.75) is 6.42 Å². The summed E-state index contributed by atoms with van der Waals surface area (Å²) in [6, 6.07) is 14.1. The molecule has 162 valence electrons. The largest absolute Gasteiger partial charge is 0.491 e. The molecule has 2 rings (SSSR count). The summed E-state index contributed by atoms with van der Waals surface area (Å²) in [6.45, 7) is 2.20. The Hall–Kier alpha value is -3.10. The maximum absolute atomic E-state index is 12.2. The molecule has 8 heteroatoms. The lowest BCUT2D eigenvalue weighted by Gasteiger charge is -2.10. The highest BCUT2D eigenvalue weighted by atomic mass is 16.5. The van der Waals surface area contributed by atoms with Crippen molar-refractivity contribution in [3.8, 4) is 5.75 Å². The Kier molecular flexibility index (Phi) is 10.2. The maximum Gasteiger partial charge on any atom is 0.251 e. The van der Waals surface area contributed by atoms with E-state index in [1.165, 1.54) is 0 Å². The smallest absolute Gasteiger partial charge is 0.251 e. The first-order valence-corrected chi connectivity index (χ1v) is 9.75. The van der Waals surface area contributed by atoms with Crippen molar-refractivity contribution in [1.82, 2.24) is 5.32 Å². The molecule has 30 heavy (non-hydrogen) atoms. The number of hydrogen-bond donors (Lipinski definition) is 3. The normalized spacial score (nSPS) is 10.3. The van der Waals surface area contributed by atoms with E-state index < -0.39 is 0 Å². The molecule has 0 saturated carbocycles. The second kappa shape index (κ2) is 13.2. The van der Waals surface area contributed by atoms with Crippen LogP contribution >= 0.6 is 0 Å². The number of amides is 2. The molecule has 0 radical (unpaired) electrons. The summed E-state index contributed by atoms with van der Waals surface area (Å²) in [5, 5.41) is 8.69. The molecular formula is C22H29N3O5. The fourth-order valence-corrected chi connectivity index (χ4v) is 2.55. The molecule has 0 unspecified atom stereocenters.